The van der Waals surface area contributed by atoms with Gasteiger partial charge < -0.3 is 14.5 Å². The Morgan fingerprint density at radius 3 is 2.71 bits per heavy atom. The fourth-order valence-corrected chi connectivity index (χ4v) is 7.98. The first-order valence-electron chi connectivity index (χ1n) is 12.0. The van der Waals surface area contributed by atoms with Crippen LogP contribution in [0.15, 0.2) is 27.9 Å². The Kier molecular flexibility index (Phi) is 5.82. The average Bonchev–Trinajstić information content (AvgIpc) is 3.21. The second-order valence-corrected chi connectivity index (χ2v) is 12.6. The van der Waals surface area contributed by atoms with Gasteiger partial charge in [0.1, 0.15) is 23.9 Å². The number of ether oxygens (including phenoxy) is 2. The molecule has 0 bridgehead atoms. The van der Waals surface area contributed by atoms with E-state index in [1.54, 1.807) is 29.5 Å². The van der Waals surface area contributed by atoms with Crippen molar-refractivity contribution in [2.24, 2.45) is 5.92 Å². The number of aromatic nitrogens is 2. The van der Waals surface area contributed by atoms with Gasteiger partial charge in [0.25, 0.3) is 5.56 Å². The van der Waals surface area contributed by atoms with Crippen LogP contribution in [0.3, 0.4) is 0 Å². The quantitative estimate of drug-likeness (QED) is 0.568. The van der Waals surface area contributed by atoms with Gasteiger partial charge in [0.05, 0.1) is 16.8 Å². The molecule has 3 aliphatic rings. The van der Waals surface area contributed by atoms with Crippen LogP contribution in [0.5, 0.6) is 11.5 Å². The molecule has 9 nitrogen and oxygen atoms in total. The minimum atomic E-state index is -3.63. The van der Waals surface area contributed by atoms with Crippen molar-refractivity contribution in [1.82, 2.24) is 19.2 Å². The number of sulfonamides is 1. The zero-order valence-corrected chi connectivity index (χ0v) is 21.2. The standard InChI is InChI=1S/C24H28N4O5S2/c1-15-2-4-17-20(12-15)34-24-22(17)23(29)25-21(26-24)14-27-6-8-28(9-7-27)35(30,31)16-3-5-18-19(13-16)33-11-10-32-18/h3,5,13,15H,2,4,6-12,14H2,1H3,(H,25,26,29). The number of aromatic amines is 1. The van der Waals surface area contributed by atoms with Crippen LogP contribution in [0.2, 0.25) is 0 Å². The number of rotatable bonds is 4. The first kappa shape index (κ1) is 23.0. The largest absolute Gasteiger partial charge is 0.486 e. The fraction of sp³-hybridized carbons (Fsp3) is 0.500. The summed E-state index contributed by atoms with van der Waals surface area (Å²) in [5.74, 6) is 2.31. The summed E-state index contributed by atoms with van der Waals surface area (Å²) >= 11 is 1.65. The number of piperazine rings is 1. The normalized spacial score (nSPS) is 21.2. The number of nitrogens with zero attached hydrogens (tertiary/aromatic N) is 3. The van der Waals surface area contributed by atoms with Crippen LogP contribution in [0.1, 0.15) is 29.6 Å². The first-order valence-corrected chi connectivity index (χ1v) is 14.3. The van der Waals surface area contributed by atoms with E-state index in [0.717, 1.165) is 29.5 Å². The third-order valence-corrected chi connectivity index (χ3v) is 10.1. The zero-order valence-electron chi connectivity index (χ0n) is 19.6. The van der Waals surface area contributed by atoms with Gasteiger partial charge in [-0.05, 0) is 42.9 Å². The number of benzene rings is 1. The molecule has 0 saturated carbocycles. The Hall–Kier alpha value is -2.47. The van der Waals surface area contributed by atoms with Crippen LogP contribution >= 0.6 is 11.3 Å². The van der Waals surface area contributed by atoms with E-state index in [1.165, 1.54) is 14.7 Å². The topological polar surface area (TPSA) is 105 Å². The molecule has 2 aromatic heterocycles. The molecule has 0 amide bonds. The second kappa shape index (κ2) is 8.88. The lowest BCUT2D eigenvalue weighted by atomic mass is 9.89. The van der Waals surface area contributed by atoms with Gasteiger partial charge in [-0.3, -0.25) is 9.69 Å². The third-order valence-electron chi connectivity index (χ3n) is 7.07. The van der Waals surface area contributed by atoms with Crippen molar-refractivity contribution >= 4 is 31.6 Å². The van der Waals surface area contributed by atoms with Crippen LogP contribution in [-0.2, 0) is 29.4 Å². The molecule has 1 aliphatic carbocycles. The van der Waals surface area contributed by atoms with Gasteiger partial charge >= 0.3 is 0 Å². The number of aryl methyl sites for hydroxylation is 1. The Morgan fingerprint density at radius 2 is 1.91 bits per heavy atom. The Morgan fingerprint density at radius 1 is 1.14 bits per heavy atom. The van der Waals surface area contributed by atoms with Gasteiger partial charge in [-0.15, -0.1) is 11.3 Å². The maximum Gasteiger partial charge on any atom is 0.259 e. The fourth-order valence-electron chi connectivity index (χ4n) is 5.14. The van der Waals surface area contributed by atoms with Gasteiger partial charge in [-0.1, -0.05) is 6.92 Å². The SMILES string of the molecule is CC1CCc2c(sc3nc(CN4CCN(S(=O)(=O)c5ccc6c(c5)OCCO6)CC4)[nH]c(=O)c23)C1. The van der Waals surface area contributed by atoms with Crippen LogP contribution in [0, 0.1) is 5.92 Å². The van der Waals surface area contributed by atoms with Crippen molar-refractivity contribution in [2.75, 3.05) is 39.4 Å². The highest BCUT2D eigenvalue weighted by Gasteiger charge is 2.30. The molecule has 186 valence electrons. The Balaban J connectivity index is 1.15. The zero-order chi connectivity index (χ0) is 24.2. The molecule has 0 spiro atoms. The van der Waals surface area contributed by atoms with Gasteiger partial charge in [0.15, 0.2) is 11.5 Å². The average molecular weight is 517 g/mol. The van der Waals surface area contributed by atoms with E-state index in [0.29, 0.717) is 69.2 Å². The van der Waals surface area contributed by atoms with E-state index >= 15 is 0 Å². The number of thiophene rings is 1. The molecule has 3 aromatic rings. The van der Waals surface area contributed by atoms with Crippen molar-refractivity contribution in [3.63, 3.8) is 0 Å². The molecule has 1 unspecified atom stereocenters. The summed E-state index contributed by atoms with van der Waals surface area (Å²) in [6.45, 7) is 5.47. The predicted octanol–water partition coefficient (Wildman–Crippen LogP) is 2.39. The van der Waals surface area contributed by atoms with E-state index in [4.69, 9.17) is 14.5 Å². The molecule has 1 saturated heterocycles. The van der Waals surface area contributed by atoms with Gasteiger partial charge in [0, 0.05) is 37.1 Å². The number of hydrogen-bond acceptors (Lipinski definition) is 8. The molecule has 1 N–H and O–H groups in total. The molecule has 6 rings (SSSR count). The smallest absolute Gasteiger partial charge is 0.259 e. The lowest BCUT2D eigenvalue weighted by molar-refractivity contribution is 0.170. The van der Waals surface area contributed by atoms with E-state index in [2.05, 4.69) is 16.8 Å². The summed E-state index contributed by atoms with van der Waals surface area (Å²) < 4.78 is 39.0. The van der Waals surface area contributed by atoms with Crippen LogP contribution in [0.4, 0.5) is 0 Å². The van der Waals surface area contributed by atoms with Crippen LogP contribution in [0.25, 0.3) is 10.2 Å². The van der Waals surface area contributed by atoms with E-state index in [9.17, 15) is 13.2 Å². The number of fused-ring (bicyclic) bond motifs is 4. The molecule has 4 heterocycles. The van der Waals surface area contributed by atoms with Crippen LogP contribution < -0.4 is 15.0 Å². The Bertz CT molecular complexity index is 1440. The molecule has 11 heteroatoms. The van der Waals surface area contributed by atoms with E-state index in [1.807, 2.05) is 0 Å². The highest BCUT2D eigenvalue weighted by molar-refractivity contribution is 7.89. The summed E-state index contributed by atoms with van der Waals surface area (Å²) in [5, 5.41) is 0.760. The lowest BCUT2D eigenvalue weighted by Gasteiger charge is -2.33. The number of hydrogen-bond donors (Lipinski definition) is 1. The summed E-state index contributed by atoms with van der Waals surface area (Å²) in [6, 6.07) is 4.76. The summed E-state index contributed by atoms with van der Waals surface area (Å²) in [6.07, 6.45) is 3.07. The molecular formula is C24H28N4O5S2. The van der Waals surface area contributed by atoms with Crippen LogP contribution in [-0.4, -0.2) is 67.0 Å². The van der Waals surface area contributed by atoms with E-state index in [-0.39, 0.29) is 10.5 Å². The minimum absolute atomic E-state index is 0.0584. The minimum Gasteiger partial charge on any atom is -0.486 e. The molecule has 2 aliphatic heterocycles. The molecule has 1 fully saturated rings. The van der Waals surface area contributed by atoms with Crippen molar-refractivity contribution in [2.45, 2.75) is 37.6 Å². The van der Waals surface area contributed by atoms with E-state index < -0.39 is 10.0 Å². The van der Waals surface area contributed by atoms with Crippen molar-refractivity contribution in [3.05, 3.63) is 44.8 Å². The Labute approximate surface area is 207 Å². The lowest BCUT2D eigenvalue weighted by Crippen LogP contribution is -2.48. The molecular weight excluding hydrogens is 488 g/mol. The summed E-state index contributed by atoms with van der Waals surface area (Å²) in [5.41, 5.74) is 1.12. The molecule has 0 radical (unpaired) electrons. The predicted molar refractivity (Wildman–Crippen MR) is 133 cm³/mol. The highest BCUT2D eigenvalue weighted by atomic mass is 32.2. The maximum atomic E-state index is 13.2. The maximum absolute atomic E-state index is 13.2. The monoisotopic (exact) mass is 516 g/mol. The molecule has 1 atom stereocenters. The van der Waals surface area contributed by atoms with Gasteiger partial charge in [-0.25, -0.2) is 13.4 Å². The van der Waals surface area contributed by atoms with Gasteiger partial charge in [-0.2, -0.15) is 4.31 Å². The van der Waals surface area contributed by atoms with Crippen molar-refractivity contribution < 1.29 is 17.9 Å². The number of H-pyrrole nitrogens is 1. The summed E-state index contributed by atoms with van der Waals surface area (Å²) in [4.78, 5) is 25.1. The third kappa shape index (κ3) is 4.24. The number of nitrogens with one attached hydrogen (secondary N) is 1. The van der Waals surface area contributed by atoms with Crippen molar-refractivity contribution in [1.29, 1.82) is 0 Å². The highest BCUT2D eigenvalue weighted by Crippen LogP contribution is 2.36. The summed E-state index contributed by atoms with van der Waals surface area (Å²) in [7, 11) is -3.63. The molecule has 35 heavy (non-hydrogen) atoms. The molecule has 1 aromatic carbocycles. The van der Waals surface area contributed by atoms with Gasteiger partial charge in [0.2, 0.25) is 10.0 Å². The first-order chi connectivity index (χ1) is 16.9. The second-order valence-electron chi connectivity index (χ2n) is 9.53. The van der Waals surface area contributed by atoms with Crippen molar-refractivity contribution in [3.8, 4) is 11.5 Å².